The number of carbonyl (C=O) groups is 1. The van der Waals surface area contributed by atoms with Gasteiger partial charge in [-0.3, -0.25) is 14.9 Å². The van der Waals surface area contributed by atoms with Gasteiger partial charge in [-0.1, -0.05) is 48.5 Å². The van der Waals surface area contributed by atoms with Crippen LogP contribution in [0, 0.1) is 0 Å². The van der Waals surface area contributed by atoms with Gasteiger partial charge in [0.05, 0.1) is 16.8 Å². The zero-order chi connectivity index (χ0) is 18.9. The number of pyridine rings is 1. The molecule has 1 N–H and O–H groups in total. The number of H-pyrrole nitrogens is 1. The highest BCUT2D eigenvalue weighted by Gasteiger charge is 2.26. The Bertz CT molecular complexity index is 1150. The molecule has 2 aromatic heterocycles. The van der Waals surface area contributed by atoms with E-state index in [-0.39, 0.29) is 5.91 Å². The van der Waals surface area contributed by atoms with E-state index in [2.05, 4.69) is 27.3 Å². The third kappa shape index (κ3) is 3.05. The molecule has 3 heterocycles. The summed E-state index contributed by atoms with van der Waals surface area (Å²) in [5, 5.41) is 8.68. The van der Waals surface area contributed by atoms with Crippen LogP contribution in [0.3, 0.4) is 0 Å². The number of nitrogens with one attached hydrogen (secondary N) is 1. The molecule has 0 bridgehead atoms. The number of aromatic amines is 1. The lowest BCUT2D eigenvalue weighted by Gasteiger charge is -2.27. The highest BCUT2D eigenvalue weighted by molar-refractivity contribution is 5.97. The molecular weight excluding hydrogens is 348 g/mol. The summed E-state index contributed by atoms with van der Waals surface area (Å²) in [6.07, 6.45) is 3.25. The maximum atomic E-state index is 13.1. The van der Waals surface area contributed by atoms with Gasteiger partial charge >= 0.3 is 0 Å². The standard InChI is InChI=1S/C23H20N4O/c28-23(18-13-17-8-4-5-9-20(17)24-14-18)27-11-10-21-19(15-27)22(26-25-21)12-16-6-2-1-3-7-16/h1-9,13-14H,10-12,15H2,(H,25,26). The Morgan fingerprint density at radius 3 is 2.79 bits per heavy atom. The maximum Gasteiger partial charge on any atom is 0.255 e. The fourth-order valence-electron chi connectivity index (χ4n) is 3.83. The van der Waals surface area contributed by atoms with E-state index >= 15 is 0 Å². The Balaban J connectivity index is 1.40. The molecule has 28 heavy (non-hydrogen) atoms. The summed E-state index contributed by atoms with van der Waals surface area (Å²) in [6.45, 7) is 1.27. The first-order valence-electron chi connectivity index (χ1n) is 9.51. The normalized spacial score (nSPS) is 13.5. The van der Waals surface area contributed by atoms with Crippen molar-refractivity contribution in [1.82, 2.24) is 20.1 Å². The van der Waals surface area contributed by atoms with Crippen LogP contribution in [-0.4, -0.2) is 32.5 Å². The number of hydrogen-bond donors (Lipinski definition) is 1. The minimum absolute atomic E-state index is 0.0239. The lowest BCUT2D eigenvalue weighted by atomic mass is 10.0. The Morgan fingerprint density at radius 2 is 1.89 bits per heavy atom. The summed E-state index contributed by atoms with van der Waals surface area (Å²) in [4.78, 5) is 19.4. The lowest BCUT2D eigenvalue weighted by molar-refractivity contribution is 0.0733. The SMILES string of the molecule is O=C(c1cnc2ccccc2c1)N1CCc2[nH]nc(Cc3ccccc3)c2C1. The molecule has 2 aromatic carbocycles. The first-order valence-corrected chi connectivity index (χ1v) is 9.51. The first kappa shape index (κ1) is 16.7. The van der Waals surface area contributed by atoms with Crippen LogP contribution in [0.2, 0.25) is 0 Å². The number of nitrogens with zero attached hydrogens (tertiary/aromatic N) is 3. The van der Waals surface area contributed by atoms with Crippen molar-refractivity contribution < 1.29 is 4.79 Å². The number of aromatic nitrogens is 3. The zero-order valence-electron chi connectivity index (χ0n) is 15.4. The number of para-hydroxylation sites is 1. The third-order valence-corrected chi connectivity index (χ3v) is 5.36. The quantitative estimate of drug-likeness (QED) is 0.599. The second-order valence-corrected chi connectivity index (χ2v) is 7.18. The van der Waals surface area contributed by atoms with Gasteiger partial charge in [0, 0.05) is 48.8 Å². The molecule has 1 aliphatic rings. The van der Waals surface area contributed by atoms with Gasteiger partial charge in [-0.05, 0) is 17.7 Å². The predicted octanol–water partition coefficient (Wildman–Crippen LogP) is 3.75. The maximum absolute atomic E-state index is 13.1. The molecule has 0 unspecified atom stereocenters. The summed E-state index contributed by atoms with van der Waals surface area (Å²) in [6, 6.07) is 20.1. The van der Waals surface area contributed by atoms with Crippen LogP contribution in [-0.2, 0) is 19.4 Å². The number of benzene rings is 2. The average Bonchev–Trinajstić information content (AvgIpc) is 3.15. The molecule has 5 nitrogen and oxygen atoms in total. The smallest absolute Gasteiger partial charge is 0.255 e. The van der Waals surface area contributed by atoms with Crippen LogP contribution in [0.25, 0.3) is 10.9 Å². The largest absolute Gasteiger partial charge is 0.334 e. The van der Waals surface area contributed by atoms with Crippen molar-refractivity contribution in [2.24, 2.45) is 0 Å². The monoisotopic (exact) mass is 368 g/mol. The average molecular weight is 368 g/mol. The summed E-state index contributed by atoms with van der Waals surface area (Å²) in [5.41, 5.74) is 6.08. The molecule has 0 aliphatic carbocycles. The minimum Gasteiger partial charge on any atom is -0.334 e. The van der Waals surface area contributed by atoms with Gasteiger partial charge < -0.3 is 4.90 Å². The van der Waals surface area contributed by atoms with Crippen molar-refractivity contribution in [3.63, 3.8) is 0 Å². The van der Waals surface area contributed by atoms with Gasteiger partial charge in [-0.2, -0.15) is 5.10 Å². The van der Waals surface area contributed by atoms with Crippen LogP contribution in [0.1, 0.15) is 32.9 Å². The zero-order valence-corrected chi connectivity index (χ0v) is 15.4. The van der Waals surface area contributed by atoms with Gasteiger partial charge in [-0.25, -0.2) is 0 Å². The van der Waals surface area contributed by atoms with E-state index in [0.717, 1.165) is 40.7 Å². The molecule has 1 amide bonds. The van der Waals surface area contributed by atoms with Gasteiger partial charge in [0.25, 0.3) is 5.91 Å². The van der Waals surface area contributed by atoms with Crippen LogP contribution in [0.4, 0.5) is 0 Å². The molecule has 5 heteroatoms. The molecule has 138 valence electrons. The summed E-state index contributed by atoms with van der Waals surface area (Å²) < 4.78 is 0. The van der Waals surface area contributed by atoms with Gasteiger partial charge in [-0.15, -0.1) is 0 Å². The molecule has 0 radical (unpaired) electrons. The molecule has 5 rings (SSSR count). The molecule has 1 aliphatic heterocycles. The van der Waals surface area contributed by atoms with E-state index in [9.17, 15) is 4.79 Å². The van der Waals surface area contributed by atoms with Gasteiger partial charge in [0.15, 0.2) is 0 Å². The van der Waals surface area contributed by atoms with E-state index in [0.29, 0.717) is 18.7 Å². The van der Waals surface area contributed by atoms with Crippen LogP contribution >= 0.6 is 0 Å². The molecular formula is C23H20N4O. The Morgan fingerprint density at radius 1 is 1.07 bits per heavy atom. The summed E-state index contributed by atoms with van der Waals surface area (Å²) >= 11 is 0. The second kappa shape index (κ2) is 6.93. The van der Waals surface area contributed by atoms with Crippen molar-refractivity contribution in [3.8, 4) is 0 Å². The van der Waals surface area contributed by atoms with E-state index in [4.69, 9.17) is 0 Å². The van der Waals surface area contributed by atoms with Crippen LogP contribution in [0.5, 0.6) is 0 Å². The highest BCUT2D eigenvalue weighted by Crippen LogP contribution is 2.24. The Labute approximate surface area is 163 Å². The lowest BCUT2D eigenvalue weighted by Crippen LogP contribution is -2.36. The number of hydrogen-bond acceptors (Lipinski definition) is 3. The second-order valence-electron chi connectivity index (χ2n) is 7.18. The Kier molecular flexibility index (Phi) is 4.13. The molecule has 4 aromatic rings. The summed E-state index contributed by atoms with van der Waals surface area (Å²) in [5.74, 6) is 0.0239. The van der Waals surface area contributed by atoms with Crippen molar-refractivity contribution in [2.75, 3.05) is 6.54 Å². The fourth-order valence-corrected chi connectivity index (χ4v) is 3.83. The number of rotatable bonds is 3. The first-order chi connectivity index (χ1) is 13.8. The van der Waals surface area contributed by atoms with E-state index in [1.54, 1.807) is 6.20 Å². The van der Waals surface area contributed by atoms with E-state index in [1.165, 1.54) is 5.56 Å². The van der Waals surface area contributed by atoms with Crippen LogP contribution in [0.15, 0.2) is 66.9 Å². The molecule has 0 saturated heterocycles. The van der Waals surface area contributed by atoms with Crippen molar-refractivity contribution >= 4 is 16.8 Å². The number of carbonyl (C=O) groups excluding carboxylic acids is 1. The number of amides is 1. The molecule has 0 saturated carbocycles. The fraction of sp³-hybridized carbons (Fsp3) is 0.174. The van der Waals surface area contributed by atoms with Crippen molar-refractivity contribution in [1.29, 1.82) is 0 Å². The molecule has 0 atom stereocenters. The van der Waals surface area contributed by atoms with E-state index in [1.807, 2.05) is 53.4 Å². The third-order valence-electron chi connectivity index (χ3n) is 5.36. The minimum atomic E-state index is 0.0239. The van der Waals surface area contributed by atoms with Crippen molar-refractivity contribution in [3.05, 3.63) is 94.9 Å². The van der Waals surface area contributed by atoms with E-state index < -0.39 is 0 Å². The molecule has 0 fully saturated rings. The van der Waals surface area contributed by atoms with Gasteiger partial charge in [0.1, 0.15) is 0 Å². The highest BCUT2D eigenvalue weighted by atomic mass is 16.2. The van der Waals surface area contributed by atoms with Gasteiger partial charge in [0.2, 0.25) is 0 Å². The topological polar surface area (TPSA) is 61.9 Å². The number of fused-ring (bicyclic) bond motifs is 2. The summed E-state index contributed by atoms with van der Waals surface area (Å²) in [7, 11) is 0. The predicted molar refractivity (Wildman–Crippen MR) is 108 cm³/mol. The van der Waals surface area contributed by atoms with Crippen LogP contribution < -0.4 is 0 Å². The molecule has 0 spiro atoms. The Hall–Kier alpha value is -3.47. The van der Waals surface area contributed by atoms with Crippen molar-refractivity contribution in [2.45, 2.75) is 19.4 Å².